The van der Waals surface area contributed by atoms with E-state index >= 15 is 0 Å². The van der Waals surface area contributed by atoms with E-state index in [0.717, 1.165) is 9.86 Å². The van der Waals surface area contributed by atoms with Crippen LogP contribution in [0.1, 0.15) is 5.56 Å². The van der Waals surface area contributed by atoms with E-state index in [4.69, 9.17) is 0 Å². The Bertz CT molecular complexity index is 528. The summed E-state index contributed by atoms with van der Waals surface area (Å²) >= 11 is 3.32. The molecule has 4 nitrogen and oxygen atoms in total. The van der Waals surface area contributed by atoms with Crippen molar-refractivity contribution >= 4 is 26.8 Å². The number of nitrogens with zero attached hydrogens (tertiary/aromatic N) is 2. The van der Waals surface area contributed by atoms with Crippen LogP contribution in [0.15, 0.2) is 34.9 Å². The third-order valence-electron chi connectivity index (χ3n) is 2.05. The van der Waals surface area contributed by atoms with Crippen LogP contribution < -0.4 is 0 Å². The second-order valence-corrected chi connectivity index (χ2v) is 4.05. The average molecular weight is 267 g/mol. The molecule has 0 spiro atoms. The van der Waals surface area contributed by atoms with Crippen molar-refractivity contribution in [1.82, 2.24) is 4.98 Å². The van der Waals surface area contributed by atoms with Gasteiger partial charge in [-0.1, -0.05) is 22.0 Å². The summed E-state index contributed by atoms with van der Waals surface area (Å²) in [6.07, 6.45) is 1.64. The summed E-state index contributed by atoms with van der Waals surface area (Å²) in [6.45, 7) is -0.201. The second kappa shape index (κ2) is 3.94. The number of pyridine rings is 1. The Balaban J connectivity index is 2.65. The quantitative estimate of drug-likeness (QED) is 0.621. The van der Waals surface area contributed by atoms with Gasteiger partial charge in [-0.15, -0.1) is 0 Å². The van der Waals surface area contributed by atoms with Crippen LogP contribution >= 0.6 is 15.9 Å². The summed E-state index contributed by atoms with van der Waals surface area (Å²) < 4.78 is 0.833. The Labute approximate surface area is 94.2 Å². The standard InChI is InChI=1S/C10H7BrN2O2/c11-9-4-7-2-1-3-12-10(7)8(5-9)6-13(14)15/h1-5H,6H2. The first kappa shape index (κ1) is 10.0. The minimum atomic E-state index is -0.351. The first-order valence-electron chi connectivity index (χ1n) is 4.32. The highest BCUT2D eigenvalue weighted by atomic mass is 79.9. The maximum atomic E-state index is 10.5. The number of aromatic nitrogens is 1. The minimum Gasteiger partial charge on any atom is -0.264 e. The number of hydrogen-bond acceptors (Lipinski definition) is 3. The van der Waals surface area contributed by atoms with E-state index in [9.17, 15) is 10.1 Å². The fraction of sp³-hybridized carbons (Fsp3) is 0.100. The van der Waals surface area contributed by atoms with Crippen molar-refractivity contribution in [3.63, 3.8) is 0 Å². The Kier molecular flexibility index (Phi) is 2.64. The topological polar surface area (TPSA) is 56.0 Å². The largest absolute Gasteiger partial charge is 0.264 e. The first-order chi connectivity index (χ1) is 7.16. The van der Waals surface area contributed by atoms with Crippen molar-refractivity contribution in [2.75, 3.05) is 0 Å². The molecule has 2 aromatic rings. The number of nitro groups is 1. The third-order valence-corrected chi connectivity index (χ3v) is 2.51. The van der Waals surface area contributed by atoms with Gasteiger partial charge in [0.15, 0.2) is 0 Å². The first-order valence-corrected chi connectivity index (χ1v) is 5.11. The van der Waals surface area contributed by atoms with Crippen LogP contribution in [-0.4, -0.2) is 9.91 Å². The summed E-state index contributed by atoms with van der Waals surface area (Å²) in [5.74, 6) is 0. The smallest absolute Gasteiger partial charge is 0.231 e. The third kappa shape index (κ3) is 2.12. The highest BCUT2D eigenvalue weighted by molar-refractivity contribution is 9.10. The van der Waals surface area contributed by atoms with Gasteiger partial charge >= 0.3 is 0 Å². The summed E-state index contributed by atoms with van der Waals surface area (Å²) in [7, 11) is 0. The van der Waals surface area contributed by atoms with Gasteiger partial charge in [0.2, 0.25) is 6.54 Å². The normalized spacial score (nSPS) is 10.5. The fourth-order valence-electron chi connectivity index (χ4n) is 1.49. The van der Waals surface area contributed by atoms with Gasteiger partial charge in [0, 0.05) is 26.5 Å². The van der Waals surface area contributed by atoms with Crippen molar-refractivity contribution in [3.05, 3.63) is 50.6 Å². The van der Waals surface area contributed by atoms with Gasteiger partial charge in [0.25, 0.3) is 0 Å². The minimum absolute atomic E-state index is 0.201. The lowest BCUT2D eigenvalue weighted by molar-refractivity contribution is -0.496. The molecule has 76 valence electrons. The van der Waals surface area contributed by atoms with Gasteiger partial charge in [-0.2, -0.15) is 0 Å². The Morgan fingerprint density at radius 2 is 2.27 bits per heavy atom. The van der Waals surface area contributed by atoms with Crippen LogP contribution in [0.2, 0.25) is 0 Å². The van der Waals surface area contributed by atoms with Crippen LogP contribution in [0.3, 0.4) is 0 Å². The molecule has 5 heteroatoms. The Hall–Kier alpha value is -1.49. The van der Waals surface area contributed by atoms with Gasteiger partial charge in [-0.25, -0.2) is 0 Å². The molecule has 0 fully saturated rings. The predicted octanol–water partition coefficient (Wildman–Crippen LogP) is 2.77. The van der Waals surface area contributed by atoms with Gasteiger partial charge < -0.3 is 0 Å². The molecule has 0 amide bonds. The highest BCUT2D eigenvalue weighted by Crippen LogP contribution is 2.22. The van der Waals surface area contributed by atoms with Crippen molar-refractivity contribution in [2.24, 2.45) is 0 Å². The molecule has 1 aromatic heterocycles. The molecule has 0 aliphatic carbocycles. The molecule has 15 heavy (non-hydrogen) atoms. The molecule has 0 saturated heterocycles. The lowest BCUT2D eigenvalue weighted by Crippen LogP contribution is -1.99. The molecule has 2 rings (SSSR count). The van der Waals surface area contributed by atoms with Gasteiger partial charge in [-0.05, 0) is 18.2 Å². The number of hydrogen-bond donors (Lipinski definition) is 0. The van der Waals surface area contributed by atoms with Crippen molar-refractivity contribution in [2.45, 2.75) is 6.54 Å². The molecule has 0 bridgehead atoms. The van der Waals surface area contributed by atoms with Crippen LogP contribution in [0.25, 0.3) is 10.9 Å². The lowest BCUT2D eigenvalue weighted by atomic mass is 10.1. The van der Waals surface area contributed by atoms with Crippen LogP contribution in [0.4, 0.5) is 0 Å². The van der Waals surface area contributed by atoms with Gasteiger partial charge in [0.1, 0.15) is 0 Å². The van der Waals surface area contributed by atoms with E-state index in [1.54, 1.807) is 12.3 Å². The molecule has 1 heterocycles. The van der Waals surface area contributed by atoms with Crippen LogP contribution in [0.5, 0.6) is 0 Å². The lowest BCUT2D eigenvalue weighted by Gasteiger charge is -2.02. The van der Waals surface area contributed by atoms with Gasteiger partial charge in [0.05, 0.1) is 5.52 Å². The predicted molar refractivity (Wildman–Crippen MR) is 60.1 cm³/mol. The molecular formula is C10H7BrN2O2. The Morgan fingerprint density at radius 1 is 1.47 bits per heavy atom. The van der Waals surface area contributed by atoms with E-state index in [2.05, 4.69) is 20.9 Å². The second-order valence-electron chi connectivity index (χ2n) is 3.13. The number of benzene rings is 1. The molecule has 0 aliphatic rings. The summed E-state index contributed by atoms with van der Waals surface area (Å²) in [4.78, 5) is 14.3. The van der Waals surface area contributed by atoms with Crippen LogP contribution in [0, 0.1) is 10.1 Å². The molecular weight excluding hydrogens is 260 g/mol. The number of rotatable bonds is 2. The van der Waals surface area contributed by atoms with Crippen molar-refractivity contribution < 1.29 is 4.92 Å². The zero-order valence-corrected chi connectivity index (χ0v) is 9.27. The molecule has 0 atom stereocenters. The molecule has 0 aliphatic heterocycles. The van der Waals surface area contributed by atoms with Gasteiger partial charge in [-0.3, -0.25) is 15.1 Å². The number of fused-ring (bicyclic) bond motifs is 1. The zero-order valence-electron chi connectivity index (χ0n) is 7.68. The van der Waals surface area contributed by atoms with E-state index in [1.165, 1.54) is 0 Å². The highest BCUT2D eigenvalue weighted by Gasteiger charge is 2.08. The maximum Gasteiger partial charge on any atom is 0.231 e. The average Bonchev–Trinajstić information content (AvgIpc) is 2.16. The van der Waals surface area contributed by atoms with E-state index in [1.807, 2.05) is 18.2 Å². The van der Waals surface area contributed by atoms with Crippen molar-refractivity contribution in [1.29, 1.82) is 0 Å². The van der Waals surface area contributed by atoms with Crippen molar-refractivity contribution in [3.8, 4) is 0 Å². The van der Waals surface area contributed by atoms with E-state index in [-0.39, 0.29) is 11.5 Å². The molecule has 0 saturated carbocycles. The zero-order chi connectivity index (χ0) is 10.8. The molecule has 1 aromatic carbocycles. The molecule has 0 N–H and O–H groups in total. The summed E-state index contributed by atoms with van der Waals surface area (Å²) in [5.41, 5.74) is 1.32. The summed E-state index contributed by atoms with van der Waals surface area (Å²) in [5, 5.41) is 11.4. The number of halogens is 1. The maximum absolute atomic E-state index is 10.5. The SMILES string of the molecule is O=[N+]([O-])Cc1cc(Br)cc2cccnc12. The Morgan fingerprint density at radius 3 is 3.00 bits per heavy atom. The van der Waals surface area contributed by atoms with E-state index in [0.29, 0.717) is 11.1 Å². The molecule has 0 radical (unpaired) electrons. The fourth-order valence-corrected chi connectivity index (χ4v) is 2.01. The molecule has 0 unspecified atom stereocenters. The van der Waals surface area contributed by atoms with E-state index < -0.39 is 0 Å². The monoisotopic (exact) mass is 266 g/mol. The van der Waals surface area contributed by atoms with Crippen LogP contribution in [-0.2, 0) is 6.54 Å². The summed E-state index contributed by atoms with van der Waals surface area (Å²) in [6, 6.07) is 7.32.